The molecule has 0 saturated heterocycles. The number of hydrogen-bond donors (Lipinski definition) is 1. The molecular formula is C22H30N2O2. The maximum Gasteiger partial charge on any atom is 0.121 e. The third kappa shape index (κ3) is 7.26. The molecule has 0 aliphatic heterocycles. The summed E-state index contributed by atoms with van der Waals surface area (Å²) in [5.41, 5.74) is 1.47. The number of ether oxygens (including phenoxy) is 1. The first-order chi connectivity index (χ1) is 12.7. The van der Waals surface area contributed by atoms with Crippen LogP contribution in [0.3, 0.4) is 0 Å². The lowest BCUT2D eigenvalue weighted by Crippen LogP contribution is -2.16. The van der Waals surface area contributed by atoms with Gasteiger partial charge < -0.3 is 9.84 Å². The number of unbranched alkanes of at least 4 members (excludes halogenated alkanes) is 3. The fraction of sp³-hybridized carbons (Fsp3) is 0.455. The Bertz CT molecular complexity index is 668. The van der Waals surface area contributed by atoms with Crippen molar-refractivity contribution in [2.45, 2.75) is 64.9 Å². The summed E-state index contributed by atoms with van der Waals surface area (Å²) in [6.45, 7) is 4.44. The molecule has 0 radical (unpaired) electrons. The molecule has 140 valence electrons. The van der Waals surface area contributed by atoms with E-state index in [0.717, 1.165) is 24.3 Å². The molecular weight excluding hydrogens is 324 g/mol. The summed E-state index contributed by atoms with van der Waals surface area (Å²) in [6, 6.07) is 14.4. The second-order valence-corrected chi connectivity index (χ2v) is 6.59. The molecule has 4 heteroatoms. The van der Waals surface area contributed by atoms with Crippen LogP contribution in [-0.2, 0) is 0 Å². The molecule has 26 heavy (non-hydrogen) atoms. The van der Waals surface area contributed by atoms with Gasteiger partial charge in [-0.2, -0.15) is 10.2 Å². The zero-order valence-electron chi connectivity index (χ0n) is 15.9. The highest BCUT2D eigenvalue weighted by molar-refractivity contribution is 5.45. The monoisotopic (exact) mass is 354 g/mol. The lowest BCUT2D eigenvalue weighted by Gasteiger charge is -2.19. The van der Waals surface area contributed by atoms with E-state index in [9.17, 15) is 5.11 Å². The van der Waals surface area contributed by atoms with Gasteiger partial charge in [0.15, 0.2) is 0 Å². The number of azo groups is 1. The average molecular weight is 354 g/mol. The Labute approximate surface area is 156 Å². The first-order valence-corrected chi connectivity index (χ1v) is 9.68. The van der Waals surface area contributed by atoms with Gasteiger partial charge in [0.2, 0.25) is 0 Å². The van der Waals surface area contributed by atoms with Gasteiger partial charge in [-0.3, -0.25) is 0 Å². The molecule has 4 nitrogen and oxygen atoms in total. The van der Waals surface area contributed by atoms with E-state index >= 15 is 0 Å². The lowest BCUT2D eigenvalue weighted by molar-refractivity contribution is 0.174. The van der Waals surface area contributed by atoms with Gasteiger partial charge in [0.25, 0.3) is 0 Å². The topological polar surface area (TPSA) is 54.2 Å². The van der Waals surface area contributed by atoms with Gasteiger partial charge in [0, 0.05) is 6.07 Å². The molecule has 0 fully saturated rings. The van der Waals surface area contributed by atoms with Gasteiger partial charge >= 0.3 is 0 Å². The second-order valence-electron chi connectivity index (χ2n) is 6.59. The summed E-state index contributed by atoms with van der Waals surface area (Å²) < 4.78 is 6.24. The van der Waals surface area contributed by atoms with E-state index in [1.807, 2.05) is 24.3 Å². The van der Waals surface area contributed by atoms with Crippen molar-refractivity contribution in [1.29, 1.82) is 0 Å². The molecule has 1 unspecified atom stereocenters. The molecule has 0 bridgehead atoms. The number of benzene rings is 2. The fourth-order valence-corrected chi connectivity index (χ4v) is 2.76. The number of phenols is 1. The normalized spacial score (nSPS) is 12.4. The van der Waals surface area contributed by atoms with Crippen LogP contribution in [0, 0.1) is 0 Å². The predicted octanol–water partition coefficient (Wildman–Crippen LogP) is 7.33. The van der Waals surface area contributed by atoms with E-state index in [4.69, 9.17) is 4.74 Å². The van der Waals surface area contributed by atoms with E-state index in [0.29, 0.717) is 5.69 Å². The first-order valence-electron chi connectivity index (χ1n) is 9.68. The average Bonchev–Trinajstić information content (AvgIpc) is 2.66. The van der Waals surface area contributed by atoms with Gasteiger partial charge in [-0.15, -0.1) is 0 Å². The van der Waals surface area contributed by atoms with Crippen LogP contribution in [0.25, 0.3) is 0 Å². The van der Waals surface area contributed by atoms with Crippen LogP contribution in [0.5, 0.6) is 11.5 Å². The van der Waals surface area contributed by atoms with Gasteiger partial charge in [-0.25, -0.2) is 0 Å². The van der Waals surface area contributed by atoms with Crippen molar-refractivity contribution >= 4 is 11.4 Å². The minimum absolute atomic E-state index is 0.223. The molecule has 2 rings (SSSR count). The summed E-state index contributed by atoms with van der Waals surface area (Å²) in [5, 5.41) is 17.8. The van der Waals surface area contributed by atoms with Gasteiger partial charge in [-0.1, -0.05) is 45.6 Å². The highest BCUT2D eigenvalue weighted by Crippen LogP contribution is 2.26. The lowest BCUT2D eigenvalue weighted by atomic mass is 10.1. The molecule has 0 aliphatic carbocycles. The van der Waals surface area contributed by atoms with E-state index in [1.54, 1.807) is 24.3 Å². The summed E-state index contributed by atoms with van der Waals surface area (Å²) in [4.78, 5) is 0. The molecule has 1 atom stereocenters. The third-order valence-corrected chi connectivity index (χ3v) is 4.26. The van der Waals surface area contributed by atoms with Crippen LogP contribution in [-0.4, -0.2) is 11.2 Å². The summed E-state index contributed by atoms with van der Waals surface area (Å²) >= 11 is 0. The van der Waals surface area contributed by atoms with Crippen molar-refractivity contribution in [3.63, 3.8) is 0 Å². The summed E-state index contributed by atoms with van der Waals surface area (Å²) in [6.07, 6.45) is 8.55. The third-order valence-electron chi connectivity index (χ3n) is 4.26. The number of aromatic hydroxyl groups is 1. The first kappa shape index (κ1) is 20.0. The molecule has 0 aromatic heterocycles. The molecule has 0 amide bonds. The number of nitrogens with zero attached hydrogens (tertiary/aromatic N) is 2. The zero-order valence-corrected chi connectivity index (χ0v) is 15.9. The Morgan fingerprint density at radius 3 is 2.27 bits per heavy atom. The van der Waals surface area contributed by atoms with Crippen molar-refractivity contribution in [3.8, 4) is 11.5 Å². The van der Waals surface area contributed by atoms with Crippen LogP contribution >= 0.6 is 0 Å². The Balaban J connectivity index is 1.99. The molecule has 0 spiro atoms. The van der Waals surface area contributed by atoms with Crippen LogP contribution in [0.2, 0.25) is 0 Å². The SMILES string of the molecule is CCCCCC(CCCC)Oc1cccc(N=Nc2ccc(O)cc2)c1. The Hall–Kier alpha value is -2.36. The van der Waals surface area contributed by atoms with Crippen molar-refractivity contribution in [2.24, 2.45) is 10.2 Å². The Morgan fingerprint density at radius 2 is 1.54 bits per heavy atom. The van der Waals surface area contributed by atoms with E-state index < -0.39 is 0 Å². The van der Waals surface area contributed by atoms with E-state index in [2.05, 4.69) is 24.1 Å². The minimum Gasteiger partial charge on any atom is -0.508 e. The molecule has 0 aliphatic rings. The highest BCUT2D eigenvalue weighted by atomic mass is 16.5. The van der Waals surface area contributed by atoms with Gasteiger partial charge in [-0.05, 0) is 55.7 Å². The second kappa shape index (κ2) is 11.3. The van der Waals surface area contributed by atoms with Crippen LogP contribution < -0.4 is 4.74 Å². The van der Waals surface area contributed by atoms with Crippen molar-refractivity contribution in [2.75, 3.05) is 0 Å². The number of rotatable bonds is 11. The molecule has 0 saturated carbocycles. The van der Waals surface area contributed by atoms with Crippen LogP contribution in [0.1, 0.15) is 58.8 Å². The van der Waals surface area contributed by atoms with Gasteiger partial charge in [0.05, 0.1) is 17.5 Å². The maximum atomic E-state index is 9.31. The van der Waals surface area contributed by atoms with Crippen molar-refractivity contribution in [3.05, 3.63) is 48.5 Å². The van der Waals surface area contributed by atoms with Crippen molar-refractivity contribution < 1.29 is 9.84 Å². The zero-order chi connectivity index (χ0) is 18.6. The van der Waals surface area contributed by atoms with Gasteiger partial charge in [0.1, 0.15) is 11.5 Å². The molecule has 2 aromatic carbocycles. The van der Waals surface area contributed by atoms with E-state index in [-0.39, 0.29) is 11.9 Å². The fourth-order valence-electron chi connectivity index (χ4n) is 2.76. The van der Waals surface area contributed by atoms with E-state index in [1.165, 1.54) is 32.1 Å². The Morgan fingerprint density at radius 1 is 0.846 bits per heavy atom. The molecule has 1 N–H and O–H groups in total. The van der Waals surface area contributed by atoms with Crippen molar-refractivity contribution in [1.82, 2.24) is 0 Å². The van der Waals surface area contributed by atoms with Crippen LogP contribution in [0.4, 0.5) is 11.4 Å². The predicted molar refractivity (Wildman–Crippen MR) is 107 cm³/mol. The summed E-state index contributed by atoms with van der Waals surface area (Å²) in [5.74, 6) is 1.07. The molecule has 0 heterocycles. The molecule has 2 aromatic rings. The summed E-state index contributed by atoms with van der Waals surface area (Å²) in [7, 11) is 0. The number of phenolic OH excluding ortho intramolecular Hbond substituents is 1. The Kier molecular flexibility index (Phi) is 8.67. The smallest absolute Gasteiger partial charge is 0.121 e. The standard InChI is InChI=1S/C22H30N2O2/c1-3-5-7-11-21(10-6-4-2)26-22-12-8-9-19(17-22)24-23-18-13-15-20(25)16-14-18/h8-9,12-17,21,25H,3-7,10-11H2,1-2H3. The largest absolute Gasteiger partial charge is 0.508 e. The van der Waals surface area contributed by atoms with Crippen LogP contribution in [0.15, 0.2) is 58.8 Å². The highest BCUT2D eigenvalue weighted by Gasteiger charge is 2.10. The quantitative estimate of drug-likeness (QED) is 0.339. The number of hydrogen-bond acceptors (Lipinski definition) is 4. The minimum atomic E-state index is 0.223. The maximum absolute atomic E-state index is 9.31.